The number of hydrogen-bond donors (Lipinski definition) is 1. The zero-order valence-electron chi connectivity index (χ0n) is 16.7. The predicted molar refractivity (Wildman–Crippen MR) is 113 cm³/mol. The molecule has 3 aromatic rings. The Balaban J connectivity index is 1.58. The number of aryl methyl sites for hydroxylation is 1. The first-order valence-corrected chi connectivity index (χ1v) is 9.29. The van der Waals surface area contributed by atoms with Gasteiger partial charge < -0.3 is 14.8 Å². The second-order valence-electron chi connectivity index (χ2n) is 6.60. The van der Waals surface area contributed by atoms with Crippen molar-refractivity contribution in [2.24, 2.45) is 0 Å². The molecule has 0 aromatic heterocycles. The van der Waals surface area contributed by atoms with Crippen molar-refractivity contribution in [3.8, 4) is 5.75 Å². The number of carbonyl (C=O) groups excluding carboxylic acids is 3. The summed E-state index contributed by atoms with van der Waals surface area (Å²) in [6, 6.07) is 20.4. The van der Waals surface area contributed by atoms with Crippen LogP contribution in [0.4, 0.5) is 5.69 Å². The van der Waals surface area contributed by atoms with Crippen LogP contribution in [-0.4, -0.2) is 31.4 Å². The Bertz CT molecular complexity index is 1060. The van der Waals surface area contributed by atoms with E-state index in [4.69, 9.17) is 9.47 Å². The zero-order chi connectivity index (χ0) is 21.5. The number of anilines is 1. The first-order chi connectivity index (χ1) is 14.5. The van der Waals surface area contributed by atoms with Crippen molar-refractivity contribution in [3.63, 3.8) is 0 Å². The van der Waals surface area contributed by atoms with Crippen molar-refractivity contribution in [1.82, 2.24) is 0 Å². The predicted octanol–water partition coefficient (Wildman–Crippen LogP) is 4.03. The van der Waals surface area contributed by atoms with Gasteiger partial charge in [0.1, 0.15) is 5.75 Å². The number of ketones is 1. The number of nitrogens with one attached hydrogen (secondary N) is 1. The van der Waals surface area contributed by atoms with Gasteiger partial charge in [0.25, 0.3) is 5.91 Å². The van der Waals surface area contributed by atoms with E-state index in [1.165, 1.54) is 19.2 Å². The van der Waals surface area contributed by atoms with Gasteiger partial charge in [-0.25, -0.2) is 4.79 Å². The molecule has 0 aliphatic heterocycles. The average molecular weight is 403 g/mol. The van der Waals surface area contributed by atoms with E-state index in [1.807, 2.05) is 19.1 Å². The molecule has 0 bridgehead atoms. The lowest BCUT2D eigenvalue weighted by Gasteiger charge is -2.11. The molecule has 6 nitrogen and oxygen atoms in total. The number of amides is 1. The van der Waals surface area contributed by atoms with Crippen LogP contribution in [0.5, 0.6) is 5.75 Å². The third kappa shape index (κ3) is 5.11. The van der Waals surface area contributed by atoms with E-state index in [2.05, 4.69) is 5.32 Å². The van der Waals surface area contributed by atoms with Gasteiger partial charge in [0.2, 0.25) is 0 Å². The van der Waals surface area contributed by atoms with E-state index in [0.29, 0.717) is 22.6 Å². The largest absolute Gasteiger partial charge is 0.495 e. The Morgan fingerprint density at radius 1 is 0.833 bits per heavy atom. The van der Waals surface area contributed by atoms with Crippen molar-refractivity contribution in [2.45, 2.75) is 6.92 Å². The molecule has 3 rings (SSSR count). The van der Waals surface area contributed by atoms with Crippen LogP contribution in [0.15, 0.2) is 72.8 Å². The Hall–Kier alpha value is -3.93. The molecule has 0 aliphatic rings. The summed E-state index contributed by atoms with van der Waals surface area (Å²) in [6.07, 6.45) is 0. The third-order valence-corrected chi connectivity index (χ3v) is 4.38. The molecule has 1 N–H and O–H groups in total. The Labute approximate surface area is 174 Å². The maximum absolute atomic E-state index is 12.4. The molecule has 0 spiro atoms. The second-order valence-corrected chi connectivity index (χ2v) is 6.60. The average Bonchev–Trinajstić information content (AvgIpc) is 2.78. The molecule has 0 saturated heterocycles. The van der Waals surface area contributed by atoms with Gasteiger partial charge in [-0.15, -0.1) is 0 Å². The van der Waals surface area contributed by atoms with Crippen LogP contribution >= 0.6 is 0 Å². The van der Waals surface area contributed by atoms with Gasteiger partial charge in [0, 0.05) is 11.1 Å². The highest BCUT2D eigenvalue weighted by molar-refractivity contribution is 6.09. The lowest BCUT2D eigenvalue weighted by molar-refractivity contribution is -0.119. The van der Waals surface area contributed by atoms with Gasteiger partial charge in [-0.2, -0.15) is 0 Å². The molecule has 0 unspecified atom stereocenters. The van der Waals surface area contributed by atoms with Crippen LogP contribution in [0.3, 0.4) is 0 Å². The minimum absolute atomic E-state index is 0.137. The van der Waals surface area contributed by atoms with E-state index in [0.717, 1.165) is 5.56 Å². The summed E-state index contributed by atoms with van der Waals surface area (Å²) in [5.74, 6) is -0.760. The summed E-state index contributed by atoms with van der Waals surface area (Å²) >= 11 is 0. The first kappa shape index (κ1) is 20.8. The van der Waals surface area contributed by atoms with Gasteiger partial charge in [-0.1, -0.05) is 48.5 Å². The monoisotopic (exact) mass is 403 g/mol. The Morgan fingerprint density at radius 3 is 2.13 bits per heavy atom. The van der Waals surface area contributed by atoms with Gasteiger partial charge in [-0.3, -0.25) is 9.59 Å². The highest BCUT2D eigenvalue weighted by Gasteiger charge is 2.14. The summed E-state index contributed by atoms with van der Waals surface area (Å²) in [5.41, 5.74) is 2.73. The van der Waals surface area contributed by atoms with Crippen molar-refractivity contribution < 1.29 is 23.9 Å². The maximum atomic E-state index is 12.4. The lowest BCUT2D eigenvalue weighted by Crippen LogP contribution is -2.21. The molecule has 0 heterocycles. The molecular weight excluding hydrogens is 382 g/mol. The SMILES string of the molecule is COc1ccc(C)cc1NC(=O)COC(=O)c1ccc(C(=O)c2ccccc2)cc1. The fraction of sp³-hybridized carbons (Fsp3) is 0.125. The zero-order valence-corrected chi connectivity index (χ0v) is 16.7. The van der Waals surface area contributed by atoms with Crippen LogP contribution in [-0.2, 0) is 9.53 Å². The van der Waals surface area contributed by atoms with Crippen LogP contribution in [0.1, 0.15) is 31.8 Å². The summed E-state index contributed by atoms with van der Waals surface area (Å²) in [7, 11) is 1.51. The lowest BCUT2D eigenvalue weighted by atomic mass is 10.0. The summed E-state index contributed by atoms with van der Waals surface area (Å²) < 4.78 is 10.3. The number of hydrogen-bond acceptors (Lipinski definition) is 5. The minimum Gasteiger partial charge on any atom is -0.495 e. The van der Waals surface area contributed by atoms with Crippen LogP contribution in [0.25, 0.3) is 0 Å². The fourth-order valence-electron chi connectivity index (χ4n) is 2.83. The summed E-state index contributed by atoms with van der Waals surface area (Å²) in [6.45, 7) is 1.45. The number of methoxy groups -OCH3 is 1. The first-order valence-electron chi connectivity index (χ1n) is 9.29. The van der Waals surface area contributed by atoms with Crippen molar-refractivity contribution >= 4 is 23.3 Å². The number of ether oxygens (including phenoxy) is 2. The van der Waals surface area contributed by atoms with E-state index in [-0.39, 0.29) is 11.3 Å². The third-order valence-electron chi connectivity index (χ3n) is 4.38. The van der Waals surface area contributed by atoms with E-state index in [1.54, 1.807) is 48.5 Å². The number of carbonyl (C=O) groups is 3. The molecule has 0 aliphatic carbocycles. The molecule has 0 radical (unpaired) electrons. The standard InChI is InChI=1S/C24H21NO5/c1-16-8-13-21(29-2)20(14-16)25-22(26)15-30-24(28)19-11-9-18(10-12-19)23(27)17-6-4-3-5-7-17/h3-14H,15H2,1-2H3,(H,25,26). The van der Waals surface area contributed by atoms with Crippen LogP contribution < -0.4 is 10.1 Å². The number of esters is 1. The molecule has 0 atom stereocenters. The summed E-state index contributed by atoms with van der Waals surface area (Å²) in [4.78, 5) is 36.8. The molecule has 30 heavy (non-hydrogen) atoms. The molecule has 0 saturated carbocycles. The van der Waals surface area contributed by atoms with E-state index in [9.17, 15) is 14.4 Å². The maximum Gasteiger partial charge on any atom is 0.338 e. The van der Waals surface area contributed by atoms with Crippen molar-refractivity contribution in [3.05, 3.63) is 95.1 Å². The van der Waals surface area contributed by atoms with E-state index >= 15 is 0 Å². The topological polar surface area (TPSA) is 81.7 Å². The van der Waals surface area contributed by atoms with Gasteiger partial charge >= 0.3 is 5.97 Å². The number of benzene rings is 3. The molecule has 3 aromatic carbocycles. The van der Waals surface area contributed by atoms with Gasteiger partial charge in [0.05, 0.1) is 18.4 Å². The van der Waals surface area contributed by atoms with Gasteiger partial charge in [0.15, 0.2) is 12.4 Å². The van der Waals surface area contributed by atoms with E-state index < -0.39 is 18.5 Å². The normalized spacial score (nSPS) is 10.2. The molecule has 1 amide bonds. The smallest absolute Gasteiger partial charge is 0.338 e. The van der Waals surface area contributed by atoms with Crippen LogP contribution in [0.2, 0.25) is 0 Å². The quantitative estimate of drug-likeness (QED) is 0.476. The second kappa shape index (κ2) is 9.52. The van der Waals surface area contributed by atoms with Crippen LogP contribution in [0, 0.1) is 6.92 Å². The van der Waals surface area contributed by atoms with Crippen molar-refractivity contribution in [2.75, 3.05) is 19.0 Å². The molecule has 0 fully saturated rings. The minimum atomic E-state index is -0.653. The molecular formula is C24H21NO5. The van der Waals surface area contributed by atoms with Crippen molar-refractivity contribution in [1.29, 1.82) is 0 Å². The highest BCUT2D eigenvalue weighted by Crippen LogP contribution is 2.25. The highest BCUT2D eigenvalue weighted by atomic mass is 16.5. The number of rotatable bonds is 7. The fourth-order valence-corrected chi connectivity index (χ4v) is 2.83. The molecule has 6 heteroatoms. The molecule has 152 valence electrons. The Morgan fingerprint density at radius 2 is 1.47 bits per heavy atom. The van der Waals surface area contributed by atoms with Gasteiger partial charge in [-0.05, 0) is 36.8 Å². The summed E-state index contributed by atoms with van der Waals surface area (Å²) in [5, 5.41) is 2.67. The Kier molecular flexibility index (Phi) is 6.60.